The molecule has 0 saturated heterocycles. The molecule has 0 radical (unpaired) electrons. The van der Waals surface area contributed by atoms with Gasteiger partial charge in [-0.25, -0.2) is 15.0 Å². The zero-order valence-electron chi connectivity index (χ0n) is 29.4. The van der Waals surface area contributed by atoms with Crippen LogP contribution < -0.4 is 0 Å². The molecule has 51 heavy (non-hydrogen) atoms. The fourth-order valence-corrected chi connectivity index (χ4v) is 7.81. The first-order chi connectivity index (χ1) is 25.2. The fourth-order valence-electron chi connectivity index (χ4n) is 7.81. The van der Waals surface area contributed by atoms with Crippen LogP contribution in [-0.4, -0.2) is 15.0 Å². The number of rotatable bonds is 9. The summed E-state index contributed by atoms with van der Waals surface area (Å²) in [6, 6.07) is 37.2. The monoisotopic (exact) mass is 661 g/mol. The van der Waals surface area contributed by atoms with E-state index in [2.05, 4.69) is 129 Å². The Bertz CT molecular complexity index is 2370. The number of fused-ring (bicyclic) bond motifs is 3. The molecule has 250 valence electrons. The predicted molar refractivity (Wildman–Crippen MR) is 216 cm³/mol. The third-order valence-electron chi connectivity index (χ3n) is 10.3. The molecule has 1 atom stereocenters. The zero-order valence-corrected chi connectivity index (χ0v) is 29.4. The van der Waals surface area contributed by atoms with E-state index in [0.29, 0.717) is 23.4 Å². The summed E-state index contributed by atoms with van der Waals surface area (Å²) >= 11 is 0. The Morgan fingerprint density at radius 2 is 1.43 bits per heavy atom. The number of hydrogen-bond donors (Lipinski definition) is 0. The van der Waals surface area contributed by atoms with Gasteiger partial charge in [0.1, 0.15) is 0 Å². The molecular formula is C48H43N3. The van der Waals surface area contributed by atoms with E-state index in [1.807, 2.05) is 24.3 Å². The van der Waals surface area contributed by atoms with Crippen molar-refractivity contribution in [2.75, 3.05) is 0 Å². The van der Waals surface area contributed by atoms with E-state index in [0.717, 1.165) is 55.2 Å². The molecule has 0 N–H and O–H groups in total. The van der Waals surface area contributed by atoms with Crippen LogP contribution in [0.15, 0.2) is 152 Å². The summed E-state index contributed by atoms with van der Waals surface area (Å²) in [6.07, 6.45) is 20.9. The van der Waals surface area contributed by atoms with E-state index in [4.69, 9.17) is 15.0 Å². The molecule has 6 aromatic rings. The molecule has 8 rings (SSSR count). The quantitative estimate of drug-likeness (QED) is 0.114. The lowest BCUT2D eigenvalue weighted by atomic mass is 9.80. The van der Waals surface area contributed by atoms with Crippen LogP contribution in [0, 0.1) is 5.92 Å². The van der Waals surface area contributed by atoms with Crippen LogP contribution in [0.3, 0.4) is 0 Å². The van der Waals surface area contributed by atoms with Gasteiger partial charge in [0, 0.05) is 16.7 Å². The SMILES string of the molecule is C=C/C=C(\CCC)C1C=C(c2cc(-c3nc(C4=CCCC=C4)nc(-c4ccccc4)n3)cc(-c3cc4ccccc4c4ccccc34)c2)CCC1. The lowest BCUT2D eigenvalue weighted by Gasteiger charge is -2.25. The highest BCUT2D eigenvalue weighted by atomic mass is 15.0. The Morgan fingerprint density at radius 1 is 0.725 bits per heavy atom. The van der Waals surface area contributed by atoms with Crippen molar-refractivity contribution in [1.29, 1.82) is 0 Å². The van der Waals surface area contributed by atoms with Gasteiger partial charge in [0.25, 0.3) is 0 Å². The molecule has 2 aliphatic carbocycles. The Balaban J connectivity index is 1.37. The second-order valence-corrected chi connectivity index (χ2v) is 13.7. The smallest absolute Gasteiger partial charge is 0.164 e. The zero-order chi connectivity index (χ0) is 34.6. The Kier molecular flexibility index (Phi) is 9.36. The van der Waals surface area contributed by atoms with Crippen molar-refractivity contribution in [3.8, 4) is 33.9 Å². The minimum absolute atomic E-state index is 0.416. The van der Waals surface area contributed by atoms with Crippen molar-refractivity contribution in [2.45, 2.75) is 51.9 Å². The van der Waals surface area contributed by atoms with Gasteiger partial charge in [-0.05, 0) is 113 Å². The number of aromatic nitrogens is 3. The number of allylic oxidation sites excluding steroid dienone is 9. The lowest BCUT2D eigenvalue weighted by Crippen LogP contribution is -2.08. The van der Waals surface area contributed by atoms with Gasteiger partial charge in [-0.2, -0.15) is 0 Å². The van der Waals surface area contributed by atoms with Crippen LogP contribution >= 0.6 is 0 Å². The van der Waals surface area contributed by atoms with Gasteiger partial charge in [-0.15, -0.1) is 0 Å². The van der Waals surface area contributed by atoms with Crippen LogP contribution in [0.2, 0.25) is 0 Å². The predicted octanol–water partition coefficient (Wildman–Crippen LogP) is 13.0. The first kappa shape index (κ1) is 32.5. The normalized spacial score (nSPS) is 16.3. The van der Waals surface area contributed by atoms with Crippen LogP contribution in [0.25, 0.3) is 66.6 Å². The summed E-state index contributed by atoms with van der Waals surface area (Å²) in [6.45, 7) is 6.30. The van der Waals surface area contributed by atoms with Crippen LogP contribution in [-0.2, 0) is 0 Å². The molecule has 3 nitrogen and oxygen atoms in total. The minimum Gasteiger partial charge on any atom is -0.208 e. The number of benzene rings is 5. The Hall–Kier alpha value is -5.67. The maximum absolute atomic E-state index is 5.20. The Morgan fingerprint density at radius 3 is 2.22 bits per heavy atom. The van der Waals surface area contributed by atoms with E-state index < -0.39 is 0 Å². The first-order valence-electron chi connectivity index (χ1n) is 18.5. The molecular weight excluding hydrogens is 619 g/mol. The first-order valence-corrected chi connectivity index (χ1v) is 18.5. The van der Waals surface area contributed by atoms with E-state index in [-0.39, 0.29) is 0 Å². The molecule has 1 aromatic heterocycles. The standard InChI is InChI=1S/C48H43N3/c1-3-16-33(17-4-2)36-23-15-24-37(28-36)39-29-40(45-32-38-22-11-12-25-42(38)43-26-13-14-27-44(43)45)31-41(30-39)48-50-46(34-18-7-5-8-19-34)49-47(51-48)35-20-9-6-10-21-35/h3,5,7-9,11-14,16,18-22,25-32,36H,1,4,6,10,15,17,23-24H2,2H3/b33-16+. The molecule has 0 spiro atoms. The van der Waals surface area contributed by atoms with Crippen molar-refractivity contribution in [1.82, 2.24) is 15.0 Å². The van der Waals surface area contributed by atoms with Gasteiger partial charge in [-0.3, -0.25) is 0 Å². The van der Waals surface area contributed by atoms with E-state index in [1.54, 1.807) is 0 Å². The highest BCUT2D eigenvalue weighted by Gasteiger charge is 2.21. The summed E-state index contributed by atoms with van der Waals surface area (Å²) < 4.78 is 0. The molecule has 1 unspecified atom stereocenters. The van der Waals surface area contributed by atoms with Gasteiger partial charge in [0.15, 0.2) is 17.5 Å². The molecule has 0 bridgehead atoms. The van der Waals surface area contributed by atoms with Crippen molar-refractivity contribution < 1.29 is 0 Å². The van der Waals surface area contributed by atoms with Gasteiger partial charge in [0.2, 0.25) is 0 Å². The Labute approximate surface area is 301 Å². The average Bonchev–Trinajstić information content (AvgIpc) is 3.21. The van der Waals surface area contributed by atoms with Crippen LogP contribution in [0.4, 0.5) is 0 Å². The van der Waals surface area contributed by atoms with Crippen molar-refractivity contribution >= 4 is 32.7 Å². The largest absolute Gasteiger partial charge is 0.208 e. The summed E-state index contributed by atoms with van der Waals surface area (Å²) in [5, 5.41) is 5.01. The molecule has 0 aliphatic heterocycles. The van der Waals surface area contributed by atoms with Crippen molar-refractivity contribution in [3.05, 3.63) is 163 Å². The molecule has 5 aromatic carbocycles. The molecule has 1 heterocycles. The third kappa shape index (κ3) is 6.77. The maximum Gasteiger partial charge on any atom is 0.164 e. The van der Waals surface area contributed by atoms with Gasteiger partial charge < -0.3 is 0 Å². The fraction of sp³-hybridized carbons (Fsp3) is 0.188. The van der Waals surface area contributed by atoms with Gasteiger partial charge >= 0.3 is 0 Å². The maximum atomic E-state index is 5.20. The molecule has 3 heteroatoms. The summed E-state index contributed by atoms with van der Waals surface area (Å²) in [4.78, 5) is 15.4. The summed E-state index contributed by atoms with van der Waals surface area (Å²) in [5.41, 5.74) is 9.52. The molecule has 2 aliphatic rings. The van der Waals surface area contributed by atoms with E-state index in [9.17, 15) is 0 Å². The molecule has 0 fully saturated rings. The summed E-state index contributed by atoms with van der Waals surface area (Å²) in [7, 11) is 0. The highest BCUT2D eigenvalue weighted by molar-refractivity contribution is 6.14. The number of hydrogen-bond acceptors (Lipinski definition) is 3. The van der Waals surface area contributed by atoms with E-state index in [1.165, 1.54) is 55.8 Å². The van der Waals surface area contributed by atoms with E-state index >= 15 is 0 Å². The van der Waals surface area contributed by atoms with Crippen molar-refractivity contribution in [2.24, 2.45) is 5.92 Å². The minimum atomic E-state index is 0.416. The second kappa shape index (κ2) is 14.7. The van der Waals surface area contributed by atoms with Crippen molar-refractivity contribution in [3.63, 3.8) is 0 Å². The highest BCUT2D eigenvalue weighted by Crippen LogP contribution is 2.41. The third-order valence-corrected chi connectivity index (χ3v) is 10.3. The van der Waals surface area contributed by atoms with Crippen LogP contribution in [0.5, 0.6) is 0 Å². The molecule has 0 saturated carbocycles. The topological polar surface area (TPSA) is 38.7 Å². The number of nitrogens with zero attached hydrogens (tertiary/aromatic N) is 3. The summed E-state index contributed by atoms with van der Waals surface area (Å²) in [5.74, 6) is 2.51. The van der Waals surface area contributed by atoms with Gasteiger partial charge in [0.05, 0.1) is 0 Å². The second-order valence-electron chi connectivity index (χ2n) is 13.7. The lowest BCUT2D eigenvalue weighted by molar-refractivity contribution is 0.591. The molecule has 0 amide bonds. The van der Waals surface area contributed by atoms with Crippen LogP contribution in [0.1, 0.15) is 63.3 Å². The average molecular weight is 662 g/mol. The van der Waals surface area contributed by atoms with Gasteiger partial charge in [-0.1, -0.05) is 141 Å².